The molecule has 2 heterocycles. The Balaban J connectivity index is 1.36. The number of carbonyl (C=O) groups is 1. The van der Waals surface area contributed by atoms with Gasteiger partial charge in [0.05, 0.1) is 19.3 Å². The van der Waals surface area contributed by atoms with Crippen LogP contribution in [0.2, 0.25) is 0 Å². The second kappa shape index (κ2) is 9.25. The predicted octanol–water partition coefficient (Wildman–Crippen LogP) is 2.14. The lowest BCUT2D eigenvalue weighted by Gasteiger charge is -2.09. The van der Waals surface area contributed by atoms with Crippen molar-refractivity contribution in [1.29, 1.82) is 0 Å². The van der Waals surface area contributed by atoms with Crippen LogP contribution in [0.3, 0.4) is 0 Å². The Bertz CT molecular complexity index is 1250. The van der Waals surface area contributed by atoms with Gasteiger partial charge in [-0.05, 0) is 24.6 Å². The summed E-state index contributed by atoms with van der Waals surface area (Å²) >= 11 is 0. The minimum atomic E-state index is -0.228. The van der Waals surface area contributed by atoms with E-state index >= 15 is 0 Å². The van der Waals surface area contributed by atoms with Crippen LogP contribution < -0.4 is 15.6 Å². The molecule has 0 saturated carbocycles. The third kappa shape index (κ3) is 4.98. The van der Waals surface area contributed by atoms with Crippen molar-refractivity contribution in [3.05, 3.63) is 88.6 Å². The molecular weight excluding hydrogens is 394 g/mol. The molecule has 1 N–H and O–H groups in total. The Labute approximate surface area is 179 Å². The Kier molecular flexibility index (Phi) is 6.07. The smallest absolute Gasteiger partial charge is 0.264 e. The van der Waals surface area contributed by atoms with Gasteiger partial charge < -0.3 is 10.1 Å². The number of hydrogen-bond acceptors (Lipinski definition) is 5. The standard InChI is InChI=1S/C23H23N5O3/c1-17-6-5-7-18(12-17)14-27-16-25-22-20(23(27)30)13-26-28(22)11-10-24-21(29)15-31-19-8-3-2-4-9-19/h2-9,12-13,16H,10-11,14-15H2,1H3,(H,24,29). The maximum atomic E-state index is 12.8. The van der Waals surface area contributed by atoms with Gasteiger partial charge in [0.25, 0.3) is 11.5 Å². The van der Waals surface area contributed by atoms with E-state index in [-0.39, 0.29) is 18.1 Å². The van der Waals surface area contributed by atoms with E-state index in [1.165, 1.54) is 12.5 Å². The Morgan fingerprint density at radius 3 is 2.77 bits per heavy atom. The van der Waals surface area contributed by atoms with Crippen molar-refractivity contribution in [1.82, 2.24) is 24.6 Å². The number of hydrogen-bond donors (Lipinski definition) is 1. The van der Waals surface area contributed by atoms with Gasteiger partial charge in [-0.25, -0.2) is 9.67 Å². The highest BCUT2D eigenvalue weighted by Gasteiger charge is 2.11. The van der Waals surface area contributed by atoms with Crippen LogP contribution in [0.15, 0.2) is 71.9 Å². The number of para-hydroxylation sites is 1. The number of benzene rings is 2. The first kappa shape index (κ1) is 20.3. The summed E-state index contributed by atoms with van der Waals surface area (Å²) in [6.45, 7) is 3.15. The van der Waals surface area contributed by atoms with Crippen LogP contribution in [0, 0.1) is 6.92 Å². The molecule has 2 aromatic carbocycles. The SMILES string of the molecule is Cc1cccc(Cn2cnc3c(cnn3CCNC(=O)COc3ccccc3)c2=O)c1. The van der Waals surface area contributed by atoms with Crippen LogP contribution in [0.1, 0.15) is 11.1 Å². The maximum absolute atomic E-state index is 12.8. The first-order chi connectivity index (χ1) is 15.1. The van der Waals surface area contributed by atoms with Gasteiger partial charge >= 0.3 is 0 Å². The third-order valence-corrected chi connectivity index (χ3v) is 4.82. The summed E-state index contributed by atoms with van der Waals surface area (Å²) in [5.41, 5.74) is 2.54. The van der Waals surface area contributed by atoms with Crippen LogP contribution in [-0.2, 0) is 17.9 Å². The van der Waals surface area contributed by atoms with Gasteiger partial charge in [0.15, 0.2) is 12.3 Å². The molecule has 0 radical (unpaired) electrons. The van der Waals surface area contributed by atoms with E-state index in [1.54, 1.807) is 21.4 Å². The Morgan fingerprint density at radius 2 is 1.97 bits per heavy atom. The van der Waals surface area contributed by atoms with Gasteiger partial charge in [0, 0.05) is 6.54 Å². The molecule has 0 aliphatic heterocycles. The second-order valence-corrected chi connectivity index (χ2v) is 7.22. The van der Waals surface area contributed by atoms with Crippen LogP contribution in [-0.4, -0.2) is 38.4 Å². The van der Waals surface area contributed by atoms with Gasteiger partial charge in [-0.15, -0.1) is 0 Å². The van der Waals surface area contributed by atoms with E-state index in [2.05, 4.69) is 15.4 Å². The number of rotatable bonds is 8. The fourth-order valence-electron chi connectivity index (χ4n) is 3.30. The average Bonchev–Trinajstić information content (AvgIpc) is 3.19. The zero-order valence-corrected chi connectivity index (χ0v) is 17.2. The summed E-state index contributed by atoms with van der Waals surface area (Å²) in [6.07, 6.45) is 3.06. The normalized spacial score (nSPS) is 10.9. The fraction of sp³-hybridized carbons (Fsp3) is 0.217. The number of nitrogens with one attached hydrogen (secondary N) is 1. The molecule has 1 amide bonds. The molecular formula is C23H23N5O3. The molecule has 4 rings (SSSR count). The first-order valence-corrected chi connectivity index (χ1v) is 10.0. The minimum absolute atomic E-state index is 0.0637. The first-order valence-electron chi connectivity index (χ1n) is 10.0. The van der Waals surface area contributed by atoms with Gasteiger partial charge in [0.1, 0.15) is 17.5 Å². The van der Waals surface area contributed by atoms with Crippen LogP contribution in [0.25, 0.3) is 11.0 Å². The van der Waals surface area contributed by atoms with E-state index in [1.807, 2.05) is 49.4 Å². The molecule has 158 valence electrons. The zero-order chi connectivity index (χ0) is 21.6. The van der Waals surface area contributed by atoms with Crippen LogP contribution >= 0.6 is 0 Å². The van der Waals surface area contributed by atoms with Crippen molar-refractivity contribution in [2.45, 2.75) is 20.0 Å². The van der Waals surface area contributed by atoms with Crippen LogP contribution in [0.4, 0.5) is 0 Å². The maximum Gasteiger partial charge on any atom is 0.264 e. The highest BCUT2D eigenvalue weighted by molar-refractivity contribution is 5.77. The van der Waals surface area contributed by atoms with Crippen molar-refractivity contribution in [3.8, 4) is 5.75 Å². The number of amides is 1. The topological polar surface area (TPSA) is 91.0 Å². The lowest BCUT2D eigenvalue weighted by molar-refractivity contribution is -0.123. The van der Waals surface area contributed by atoms with Crippen LogP contribution in [0.5, 0.6) is 5.75 Å². The molecule has 0 saturated heterocycles. The molecule has 31 heavy (non-hydrogen) atoms. The van der Waals surface area contributed by atoms with Crippen molar-refractivity contribution in [2.75, 3.05) is 13.2 Å². The summed E-state index contributed by atoms with van der Waals surface area (Å²) in [5.74, 6) is 0.413. The number of aryl methyl sites for hydroxylation is 1. The fourth-order valence-corrected chi connectivity index (χ4v) is 3.30. The summed E-state index contributed by atoms with van der Waals surface area (Å²) in [6, 6.07) is 17.2. The number of fused-ring (bicyclic) bond motifs is 1. The highest BCUT2D eigenvalue weighted by Crippen LogP contribution is 2.09. The summed E-state index contributed by atoms with van der Waals surface area (Å²) in [4.78, 5) is 29.2. The number of aromatic nitrogens is 4. The van der Waals surface area contributed by atoms with E-state index in [4.69, 9.17) is 4.74 Å². The number of ether oxygens (including phenoxy) is 1. The quantitative estimate of drug-likeness (QED) is 0.474. The molecule has 0 atom stereocenters. The van der Waals surface area contributed by atoms with Crippen molar-refractivity contribution in [2.24, 2.45) is 0 Å². The van der Waals surface area contributed by atoms with E-state index in [9.17, 15) is 9.59 Å². The molecule has 0 bridgehead atoms. The highest BCUT2D eigenvalue weighted by atomic mass is 16.5. The second-order valence-electron chi connectivity index (χ2n) is 7.22. The van der Waals surface area contributed by atoms with Gasteiger partial charge in [-0.2, -0.15) is 5.10 Å². The van der Waals surface area contributed by atoms with Gasteiger partial charge in [-0.1, -0.05) is 48.0 Å². The summed E-state index contributed by atoms with van der Waals surface area (Å²) in [5, 5.41) is 7.50. The summed E-state index contributed by atoms with van der Waals surface area (Å²) < 4.78 is 8.61. The number of carbonyl (C=O) groups excluding carboxylic acids is 1. The average molecular weight is 417 g/mol. The zero-order valence-electron chi connectivity index (χ0n) is 17.2. The summed E-state index contributed by atoms with van der Waals surface area (Å²) in [7, 11) is 0. The van der Waals surface area contributed by atoms with Crippen molar-refractivity contribution >= 4 is 16.9 Å². The minimum Gasteiger partial charge on any atom is -0.484 e. The molecule has 0 aliphatic carbocycles. The van der Waals surface area contributed by atoms with Crippen molar-refractivity contribution < 1.29 is 9.53 Å². The molecule has 2 aromatic heterocycles. The molecule has 0 fully saturated rings. The largest absolute Gasteiger partial charge is 0.484 e. The Hall–Kier alpha value is -3.94. The lowest BCUT2D eigenvalue weighted by Crippen LogP contribution is -2.31. The lowest BCUT2D eigenvalue weighted by atomic mass is 10.1. The molecule has 0 spiro atoms. The molecule has 8 nitrogen and oxygen atoms in total. The molecule has 8 heteroatoms. The third-order valence-electron chi connectivity index (χ3n) is 4.82. The van der Waals surface area contributed by atoms with E-state index in [0.29, 0.717) is 36.4 Å². The van der Waals surface area contributed by atoms with E-state index < -0.39 is 0 Å². The van der Waals surface area contributed by atoms with Gasteiger partial charge in [0.2, 0.25) is 0 Å². The number of nitrogens with zero attached hydrogens (tertiary/aromatic N) is 4. The predicted molar refractivity (Wildman–Crippen MR) is 117 cm³/mol. The molecule has 0 unspecified atom stereocenters. The Morgan fingerprint density at radius 1 is 1.13 bits per heavy atom. The molecule has 4 aromatic rings. The monoisotopic (exact) mass is 417 g/mol. The van der Waals surface area contributed by atoms with Crippen molar-refractivity contribution in [3.63, 3.8) is 0 Å². The van der Waals surface area contributed by atoms with E-state index in [0.717, 1.165) is 11.1 Å². The molecule has 0 aliphatic rings. The van der Waals surface area contributed by atoms with Gasteiger partial charge in [-0.3, -0.25) is 14.2 Å².